The molecule has 1 atom stereocenters. The van der Waals surface area contributed by atoms with E-state index in [1.54, 1.807) is 23.9 Å². The minimum absolute atomic E-state index is 0.0416. The normalized spacial score (nSPS) is 15.2. The number of ketones is 1. The molecule has 32 heavy (non-hydrogen) atoms. The zero-order chi connectivity index (χ0) is 23.2. The maximum atomic E-state index is 15.1. The number of aryl methyl sites for hydroxylation is 1. The van der Waals surface area contributed by atoms with Crippen LogP contribution >= 0.6 is 0 Å². The molecule has 0 aliphatic carbocycles. The third-order valence-corrected chi connectivity index (χ3v) is 6.41. The number of aromatic nitrogens is 1. The summed E-state index contributed by atoms with van der Waals surface area (Å²) in [5.41, 5.74) is -0.612. The Morgan fingerprint density at radius 3 is 2.47 bits per heavy atom. The van der Waals surface area contributed by atoms with E-state index < -0.39 is 61.1 Å². The summed E-state index contributed by atoms with van der Waals surface area (Å²) < 4.78 is 84.1. The fraction of sp³-hybridized carbons (Fsp3) is 0.143. The average molecular weight is 465 g/mol. The molecule has 0 radical (unpaired) electrons. The summed E-state index contributed by atoms with van der Waals surface area (Å²) in [6.07, 6.45) is 1.57. The maximum Gasteiger partial charge on any atom is 0.267 e. The number of halogens is 4. The molecule has 1 unspecified atom stereocenters. The van der Waals surface area contributed by atoms with Crippen LogP contribution in [0.1, 0.15) is 27.4 Å². The van der Waals surface area contributed by atoms with Gasteiger partial charge in [-0.1, -0.05) is 12.1 Å². The summed E-state index contributed by atoms with van der Waals surface area (Å²) in [5, 5.41) is 2.88. The molecule has 0 saturated carbocycles. The van der Waals surface area contributed by atoms with Gasteiger partial charge in [0.2, 0.25) is 0 Å². The van der Waals surface area contributed by atoms with Crippen molar-refractivity contribution in [2.24, 2.45) is 0 Å². The predicted molar refractivity (Wildman–Crippen MR) is 108 cm³/mol. The number of anilines is 2. The van der Waals surface area contributed by atoms with Crippen molar-refractivity contribution in [3.05, 3.63) is 82.6 Å². The van der Waals surface area contributed by atoms with Crippen molar-refractivity contribution in [2.75, 3.05) is 16.6 Å². The predicted octanol–water partition coefficient (Wildman–Crippen LogP) is 4.14. The zero-order valence-corrected chi connectivity index (χ0v) is 17.2. The number of sulfonamides is 1. The van der Waals surface area contributed by atoms with E-state index in [-0.39, 0.29) is 6.54 Å². The Hall–Kier alpha value is -3.47. The van der Waals surface area contributed by atoms with Gasteiger partial charge in [0, 0.05) is 18.3 Å². The number of carbonyl (C=O) groups excluding carboxylic acids is 1. The Morgan fingerprint density at radius 2 is 1.78 bits per heavy atom. The van der Waals surface area contributed by atoms with Gasteiger partial charge in [-0.3, -0.25) is 9.52 Å². The van der Waals surface area contributed by atoms with Gasteiger partial charge in [-0.15, -0.1) is 0 Å². The van der Waals surface area contributed by atoms with Crippen molar-refractivity contribution < 1.29 is 30.8 Å². The number of nitrogens with one attached hydrogen (secondary N) is 2. The van der Waals surface area contributed by atoms with E-state index in [0.717, 1.165) is 17.7 Å². The zero-order valence-electron chi connectivity index (χ0n) is 16.4. The summed E-state index contributed by atoms with van der Waals surface area (Å²) >= 11 is 0. The van der Waals surface area contributed by atoms with Crippen LogP contribution in [-0.2, 0) is 10.0 Å². The van der Waals surface area contributed by atoms with Gasteiger partial charge in [-0.05, 0) is 36.8 Å². The van der Waals surface area contributed by atoms with Gasteiger partial charge >= 0.3 is 0 Å². The number of nitrogens with zero attached hydrogens (tertiary/aromatic N) is 1. The summed E-state index contributed by atoms with van der Waals surface area (Å²) in [5.74, 6) is -6.98. The average Bonchev–Trinajstić information content (AvgIpc) is 3.13. The molecular weight excluding hydrogens is 450 g/mol. The van der Waals surface area contributed by atoms with E-state index in [0.29, 0.717) is 29.6 Å². The van der Waals surface area contributed by atoms with Crippen molar-refractivity contribution in [3.8, 4) is 0 Å². The molecule has 3 aromatic rings. The Kier molecular flexibility index (Phi) is 5.37. The van der Waals surface area contributed by atoms with Crippen molar-refractivity contribution in [1.29, 1.82) is 0 Å². The van der Waals surface area contributed by atoms with Crippen LogP contribution in [0.5, 0.6) is 0 Å². The highest BCUT2D eigenvalue weighted by atomic mass is 32.2. The van der Waals surface area contributed by atoms with E-state index in [2.05, 4.69) is 10.3 Å². The van der Waals surface area contributed by atoms with Gasteiger partial charge in [-0.25, -0.2) is 31.0 Å². The number of hydrogen-bond acceptors (Lipinski definition) is 5. The maximum absolute atomic E-state index is 15.1. The lowest BCUT2D eigenvalue weighted by atomic mass is 9.92. The second-order valence-electron chi connectivity index (χ2n) is 7.19. The topological polar surface area (TPSA) is 88.2 Å². The number of Topliss-reactive ketones (excluding diaryl/α,β-unsaturated/α-hetero) is 1. The van der Waals surface area contributed by atoms with Crippen molar-refractivity contribution >= 4 is 27.3 Å². The molecule has 0 saturated heterocycles. The minimum Gasteiger partial charge on any atom is -0.369 e. The summed E-state index contributed by atoms with van der Waals surface area (Å²) in [6, 6.07) is 5.48. The van der Waals surface area contributed by atoms with Gasteiger partial charge < -0.3 is 5.32 Å². The largest absolute Gasteiger partial charge is 0.369 e. The van der Waals surface area contributed by atoms with Crippen LogP contribution < -0.4 is 10.0 Å². The van der Waals surface area contributed by atoms with E-state index in [4.69, 9.17) is 0 Å². The fourth-order valence-corrected chi connectivity index (χ4v) is 4.71. The Balaban J connectivity index is 1.73. The van der Waals surface area contributed by atoms with E-state index in [1.165, 1.54) is 0 Å². The van der Waals surface area contributed by atoms with E-state index >= 15 is 4.39 Å². The highest BCUT2D eigenvalue weighted by Gasteiger charge is 2.35. The Labute approximate surface area is 180 Å². The molecule has 0 fully saturated rings. The standard InChI is InChI=1S/C21H15F4N3O3S/c1-10-7-11-12(9-27-21(11)26-8-10)19(29)17-13(22)5-6-16(18(17)25)28-32(30,31)20-14(23)3-2-4-15(20)24/h2-8,12,28H,9H2,1H3,(H,26,27). The summed E-state index contributed by atoms with van der Waals surface area (Å²) in [4.78, 5) is 15.8. The van der Waals surface area contributed by atoms with Gasteiger partial charge in [0.15, 0.2) is 16.5 Å². The summed E-state index contributed by atoms with van der Waals surface area (Å²) in [6.45, 7) is 1.78. The quantitative estimate of drug-likeness (QED) is 0.437. The lowest BCUT2D eigenvalue weighted by Gasteiger charge is -2.15. The molecule has 2 aromatic carbocycles. The van der Waals surface area contributed by atoms with Crippen LogP contribution in [0.4, 0.5) is 29.1 Å². The van der Waals surface area contributed by atoms with Gasteiger partial charge in [0.1, 0.15) is 23.3 Å². The number of pyridine rings is 1. The number of fused-ring (bicyclic) bond motifs is 1. The first-order valence-corrected chi connectivity index (χ1v) is 10.8. The van der Waals surface area contributed by atoms with Crippen molar-refractivity contribution in [3.63, 3.8) is 0 Å². The molecule has 166 valence electrons. The van der Waals surface area contributed by atoms with Gasteiger partial charge in [0.25, 0.3) is 10.0 Å². The van der Waals surface area contributed by atoms with Crippen LogP contribution in [0.2, 0.25) is 0 Å². The van der Waals surface area contributed by atoms with Crippen LogP contribution in [-0.4, -0.2) is 25.7 Å². The second-order valence-corrected chi connectivity index (χ2v) is 8.81. The van der Waals surface area contributed by atoms with Crippen molar-refractivity contribution in [2.45, 2.75) is 17.7 Å². The molecular formula is C21H15F4N3O3S. The van der Waals surface area contributed by atoms with Crippen molar-refractivity contribution in [1.82, 2.24) is 4.98 Å². The van der Waals surface area contributed by atoms with E-state index in [1.807, 2.05) is 0 Å². The first kappa shape index (κ1) is 21.8. The molecule has 0 spiro atoms. The molecule has 1 aliphatic heterocycles. The summed E-state index contributed by atoms with van der Waals surface area (Å²) in [7, 11) is -4.92. The first-order chi connectivity index (χ1) is 15.1. The highest BCUT2D eigenvalue weighted by Crippen LogP contribution is 2.35. The molecule has 4 rings (SSSR count). The Morgan fingerprint density at radius 1 is 1.09 bits per heavy atom. The molecule has 1 aliphatic rings. The smallest absolute Gasteiger partial charge is 0.267 e. The van der Waals surface area contributed by atoms with Crippen LogP contribution in [0, 0.1) is 30.2 Å². The molecule has 2 N–H and O–H groups in total. The molecule has 2 heterocycles. The lowest BCUT2D eigenvalue weighted by Crippen LogP contribution is -2.21. The Bertz CT molecular complexity index is 1340. The van der Waals surface area contributed by atoms with Crippen LogP contribution in [0.15, 0.2) is 47.5 Å². The number of rotatable bonds is 5. The number of carbonyl (C=O) groups is 1. The third-order valence-electron chi connectivity index (χ3n) is 4.99. The van der Waals surface area contributed by atoms with Gasteiger partial charge in [0.05, 0.1) is 17.2 Å². The first-order valence-electron chi connectivity index (χ1n) is 9.29. The fourth-order valence-electron chi connectivity index (χ4n) is 3.51. The molecule has 1 aromatic heterocycles. The highest BCUT2D eigenvalue weighted by molar-refractivity contribution is 7.92. The number of hydrogen-bond donors (Lipinski definition) is 2. The van der Waals surface area contributed by atoms with E-state index in [9.17, 15) is 26.4 Å². The molecule has 0 amide bonds. The minimum atomic E-state index is -4.92. The van der Waals surface area contributed by atoms with Crippen LogP contribution in [0.25, 0.3) is 0 Å². The lowest BCUT2D eigenvalue weighted by molar-refractivity contribution is 0.0958. The number of benzene rings is 2. The second kappa shape index (κ2) is 7.90. The van der Waals surface area contributed by atoms with Crippen LogP contribution in [0.3, 0.4) is 0 Å². The SMILES string of the molecule is Cc1cnc2c(c1)C(C(=O)c1c(F)ccc(NS(=O)(=O)c3c(F)cccc3F)c1F)CN2. The molecule has 11 heteroatoms. The van der Waals surface area contributed by atoms with Gasteiger partial charge in [-0.2, -0.15) is 0 Å². The third kappa shape index (κ3) is 3.68. The molecule has 6 nitrogen and oxygen atoms in total. The monoisotopic (exact) mass is 465 g/mol. The molecule has 0 bridgehead atoms.